The van der Waals surface area contributed by atoms with Gasteiger partial charge in [-0.05, 0) is 54.2 Å². The van der Waals surface area contributed by atoms with Crippen LogP contribution in [-0.2, 0) is 6.42 Å². The predicted octanol–water partition coefficient (Wildman–Crippen LogP) is 7.57. The van der Waals surface area contributed by atoms with Crippen LogP contribution in [0, 0.1) is 29.2 Å². The molecular weight excluding hydrogens is 401 g/mol. The van der Waals surface area contributed by atoms with E-state index < -0.39 is 46.5 Å². The van der Waals surface area contributed by atoms with Gasteiger partial charge in [0.15, 0.2) is 11.6 Å². The summed E-state index contributed by atoms with van der Waals surface area (Å²) >= 11 is 0. The molecule has 0 saturated carbocycles. The van der Waals surface area contributed by atoms with Crippen LogP contribution < -0.4 is 4.74 Å². The maximum absolute atomic E-state index is 14.4. The second-order valence-electron chi connectivity index (χ2n) is 7.04. The fourth-order valence-corrected chi connectivity index (χ4v) is 3.25. The van der Waals surface area contributed by atoms with Crippen molar-refractivity contribution in [2.75, 3.05) is 0 Å². The molecule has 2 aromatic rings. The van der Waals surface area contributed by atoms with Gasteiger partial charge in [-0.2, -0.15) is 0 Å². The van der Waals surface area contributed by atoms with E-state index >= 15 is 0 Å². The van der Waals surface area contributed by atoms with Gasteiger partial charge < -0.3 is 4.74 Å². The molecule has 0 heterocycles. The first-order valence-electron chi connectivity index (χ1n) is 9.25. The third-order valence-electron chi connectivity index (χ3n) is 4.55. The minimum atomic E-state index is -5.31. The van der Waals surface area contributed by atoms with Gasteiger partial charge in [-0.15, -0.1) is 13.2 Å². The zero-order chi connectivity index (χ0) is 21.8. The lowest BCUT2D eigenvalue weighted by atomic mass is 9.96. The molecule has 0 N–H and O–H groups in total. The molecule has 0 spiro atoms. The summed E-state index contributed by atoms with van der Waals surface area (Å²) in [6.45, 7) is 4.18. The Morgan fingerprint density at radius 2 is 1.41 bits per heavy atom. The Balaban J connectivity index is 2.25. The molecule has 0 aliphatic rings. The highest BCUT2D eigenvalue weighted by atomic mass is 19.4. The third kappa shape index (κ3) is 6.37. The van der Waals surface area contributed by atoms with Crippen LogP contribution in [-0.4, -0.2) is 6.36 Å². The minimum Gasteiger partial charge on any atom is -0.399 e. The van der Waals surface area contributed by atoms with Crippen LogP contribution in [0.25, 0.3) is 11.1 Å². The predicted molar refractivity (Wildman–Crippen MR) is 95.4 cm³/mol. The molecule has 2 rings (SSSR count). The van der Waals surface area contributed by atoms with E-state index in [1.165, 1.54) is 0 Å². The number of benzene rings is 2. The van der Waals surface area contributed by atoms with Crippen LogP contribution in [0.4, 0.5) is 30.7 Å². The van der Waals surface area contributed by atoms with Crippen molar-refractivity contribution < 1.29 is 35.5 Å². The molecular formula is C21H21F7O. The first-order chi connectivity index (χ1) is 13.5. The van der Waals surface area contributed by atoms with E-state index in [2.05, 4.69) is 18.6 Å². The second kappa shape index (κ2) is 9.50. The monoisotopic (exact) mass is 422 g/mol. The van der Waals surface area contributed by atoms with Gasteiger partial charge in [-0.25, -0.2) is 17.6 Å². The van der Waals surface area contributed by atoms with Crippen LogP contribution in [0.2, 0.25) is 0 Å². The quantitative estimate of drug-likeness (QED) is 0.399. The highest BCUT2D eigenvalue weighted by Gasteiger charge is 2.34. The van der Waals surface area contributed by atoms with Crippen molar-refractivity contribution in [1.29, 1.82) is 0 Å². The summed E-state index contributed by atoms with van der Waals surface area (Å²) < 4.78 is 96.5. The first kappa shape index (κ1) is 23.0. The van der Waals surface area contributed by atoms with Crippen molar-refractivity contribution in [3.8, 4) is 16.9 Å². The highest BCUT2D eigenvalue weighted by Crippen LogP contribution is 2.35. The molecule has 0 radical (unpaired) electrons. The van der Waals surface area contributed by atoms with Gasteiger partial charge in [0, 0.05) is 0 Å². The van der Waals surface area contributed by atoms with Crippen molar-refractivity contribution >= 4 is 0 Å². The van der Waals surface area contributed by atoms with Crippen LogP contribution in [0.3, 0.4) is 0 Å². The summed E-state index contributed by atoms with van der Waals surface area (Å²) in [5.41, 5.74) is -0.887. The molecule has 29 heavy (non-hydrogen) atoms. The van der Waals surface area contributed by atoms with E-state index in [1.807, 2.05) is 0 Å². The Kier molecular flexibility index (Phi) is 7.54. The lowest BCUT2D eigenvalue weighted by molar-refractivity contribution is -0.276. The van der Waals surface area contributed by atoms with Crippen LogP contribution in [0.5, 0.6) is 5.75 Å². The number of hydrogen-bond acceptors (Lipinski definition) is 1. The maximum atomic E-state index is 14.4. The summed E-state index contributed by atoms with van der Waals surface area (Å²) in [5.74, 6) is -6.72. The van der Waals surface area contributed by atoms with Crippen LogP contribution in [0.15, 0.2) is 24.3 Å². The molecule has 8 heteroatoms. The topological polar surface area (TPSA) is 9.23 Å². The SMILES string of the molecule is CCCC(C)CCCc1cc(F)c(-c2cc(F)c(OC(F)(F)F)c(F)c2)c(F)c1. The van der Waals surface area contributed by atoms with Gasteiger partial charge in [0.25, 0.3) is 0 Å². The van der Waals surface area contributed by atoms with Crippen molar-refractivity contribution in [3.05, 3.63) is 53.1 Å². The van der Waals surface area contributed by atoms with Gasteiger partial charge in [0.2, 0.25) is 5.75 Å². The standard InChI is InChI=1S/C21H21F7O/c1-3-5-12(2)6-4-7-13-8-15(22)19(16(23)9-13)14-10-17(24)20(18(25)11-14)29-21(26,27)28/h8-12H,3-7H2,1-2H3. The van der Waals surface area contributed by atoms with Crippen molar-refractivity contribution in [1.82, 2.24) is 0 Å². The Labute approximate surface area is 164 Å². The molecule has 0 fully saturated rings. The Morgan fingerprint density at radius 1 is 0.862 bits per heavy atom. The fourth-order valence-electron chi connectivity index (χ4n) is 3.25. The molecule has 160 valence electrons. The van der Waals surface area contributed by atoms with Gasteiger partial charge in [-0.3, -0.25) is 0 Å². The Hall–Kier alpha value is -2.25. The third-order valence-corrected chi connectivity index (χ3v) is 4.55. The zero-order valence-electron chi connectivity index (χ0n) is 16.0. The molecule has 0 aliphatic heterocycles. The number of aryl methyl sites for hydroxylation is 1. The van der Waals surface area contributed by atoms with Gasteiger partial charge in [0.1, 0.15) is 11.6 Å². The van der Waals surface area contributed by atoms with E-state index in [1.54, 1.807) is 0 Å². The molecule has 0 bridgehead atoms. The fraction of sp³-hybridized carbons (Fsp3) is 0.429. The molecule has 0 saturated heterocycles. The average Bonchev–Trinajstić information content (AvgIpc) is 2.57. The lowest BCUT2D eigenvalue weighted by Gasteiger charge is -2.13. The highest BCUT2D eigenvalue weighted by molar-refractivity contribution is 5.66. The van der Waals surface area contributed by atoms with Crippen molar-refractivity contribution in [2.24, 2.45) is 5.92 Å². The van der Waals surface area contributed by atoms with E-state index in [0.29, 0.717) is 30.0 Å². The number of ether oxygens (including phenoxy) is 1. The molecule has 1 nitrogen and oxygen atoms in total. The molecule has 2 aromatic carbocycles. The van der Waals surface area contributed by atoms with E-state index in [-0.39, 0.29) is 0 Å². The van der Waals surface area contributed by atoms with Crippen LogP contribution >= 0.6 is 0 Å². The first-order valence-corrected chi connectivity index (χ1v) is 9.25. The number of halogens is 7. The van der Waals surface area contributed by atoms with E-state index in [0.717, 1.165) is 37.8 Å². The van der Waals surface area contributed by atoms with Crippen molar-refractivity contribution in [2.45, 2.75) is 52.3 Å². The molecule has 0 amide bonds. The zero-order valence-corrected chi connectivity index (χ0v) is 16.0. The summed E-state index contributed by atoms with van der Waals surface area (Å²) in [6, 6.07) is 2.94. The lowest BCUT2D eigenvalue weighted by Crippen LogP contribution is -2.19. The number of alkyl halides is 3. The van der Waals surface area contributed by atoms with Crippen LogP contribution in [0.1, 0.15) is 45.1 Å². The number of rotatable bonds is 8. The average molecular weight is 422 g/mol. The summed E-state index contributed by atoms with van der Waals surface area (Å²) in [5, 5.41) is 0. The molecule has 0 aliphatic carbocycles. The van der Waals surface area contributed by atoms with Gasteiger partial charge in [0.05, 0.1) is 5.56 Å². The second-order valence-corrected chi connectivity index (χ2v) is 7.04. The van der Waals surface area contributed by atoms with E-state index in [4.69, 9.17) is 0 Å². The van der Waals surface area contributed by atoms with Gasteiger partial charge in [-0.1, -0.05) is 33.1 Å². The summed E-state index contributed by atoms with van der Waals surface area (Å²) in [6.07, 6.45) is -1.13. The summed E-state index contributed by atoms with van der Waals surface area (Å²) in [4.78, 5) is 0. The van der Waals surface area contributed by atoms with Crippen molar-refractivity contribution in [3.63, 3.8) is 0 Å². The van der Waals surface area contributed by atoms with E-state index in [9.17, 15) is 30.7 Å². The minimum absolute atomic E-state index is 0.394. The Morgan fingerprint density at radius 3 is 1.90 bits per heavy atom. The largest absolute Gasteiger partial charge is 0.573 e. The van der Waals surface area contributed by atoms with Gasteiger partial charge >= 0.3 is 6.36 Å². The molecule has 1 atom stereocenters. The molecule has 0 aromatic heterocycles. The Bertz CT molecular complexity index is 799. The smallest absolute Gasteiger partial charge is 0.399 e. The maximum Gasteiger partial charge on any atom is 0.573 e. The summed E-state index contributed by atoms with van der Waals surface area (Å²) in [7, 11) is 0. The number of hydrogen-bond donors (Lipinski definition) is 0. The normalized spacial score (nSPS) is 12.9. The molecule has 1 unspecified atom stereocenters.